The summed E-state index contributed by atoms with van der Waals surface area (Å²) in [7, 11) is 1.60. The minimum atomic E-state index is -0.503. The molecule has 1 aromatic rings. The molecule has 0 spiro atoms. The van der Waals surface area contributed by atoms with Crippen LogP contribution in [0, 0.1) is 0 Å². The lowest BCUT2D eigenvalue weighted by Crippen LogP contribution is -2.45. The fourth-order valence-electron chi connectivity index (χ4n) is 2.65. The van der Waals surface area contributed by atoms with Gasteiger partial charge in [-0.25, -0.2) is 0 Å². The third kappa shape index (κ3) is 2.12. The average molecular weight is 253 g/mol. The first kappa shape index (κ1) is 12.6. The highest BCUT2D eigenvalue weighted by atomic mass is 35.5. The third-order valence-electron chi connectivity index (χ3n) is 3.73. The van der Waals surface area contributed by atoms with Crippen LogP contribution in [0.25, 0.3) is 0 Å². The molecule has 2 nitrogen and oxygen atoms in total. The maximum Gasteiger partial charge on any atom is 0.171 e. The highest BCUT2D eigenvalue weighted by molar-refractivity contribution is 6.31. The van der Waals surface area contributed by atoms with Crippen LogP contribution in [0.15, 0.2) is 24.3 Å². The molecule has 1 fully saturated rings. The number of carbonyl (C=O) groups is 1. The van der Waals surface area contributed by atoms with Crippen molar-refractivity contribution in [2.24, 2.45) is 0 Å². The smallest absolute Gasteiger partial charge is 0.171 e. The zero-order valence-electron chi connectivity index (χ0n) is 10.2. The van der Waals surface area contributed by atoms with Gasteiger partial charge in [-0.2, -0.15) is 0 Å². The summed E-state index contributed by atoms with van der Waals surface area (Å²) < 4.78 is 5.27. The van der Waals surface area contributed by atoms with E-state index in [4.69, 9.17) is 16.3 Å². The SMILES string of the molecule is CO[C@H]1CCC[C@](C)(c2ccccc2Cl)C1=O. The van der Waals surface area contributed by atoms with Crippen molar-refractivity contribution in [2.75, 3.05) is 7.11 Å². The van der Waals surface area contributed by atoms with E-state index in [2.05, 4.69) is 0 Å². The second-order valence-electron chi connectivity index (χ2n) is 4.79. The molecule has 0 bridgehead atoms. The van der Waals surface area contributed by atoms with Gasteiger partial charge in [0.25, 0.3) is 0 Å². The topological polar surface area (TPSA) is 26.3 Å². The van der Waals surface area contributed by atoms with Gasteiger partial charge in [0.2, 0.25) is 0 Å². The van der Waals surface area contributed by atoms with Crippen LogP contribution in [0.1, 0.15) is 31.7 Å². The van der Waals surface area contributed by atoms with Gasteiger partial charge in [0.05, 0.1) is 5.41 Å². The Morgan fingerprint density at radius 3 is 2.76 bits per heavy atom. The minimum absolute atomic E-state index is 0.152. The third-order valence-corrected chi connectivity index (χ3v) is 4.06. The molecule has 3 heteroatoms. The number of carbonyl (C=O) groups excluding carboxylic acids is 1. The fourth-order valence-corrected chi connectivity index (χ4v) is 3.00. The van der Waals surface area contributed by atoms with Crippen molar-refractivity contribution in [1.82, 2.24) is 0 Å². The van der Waals surface area contributed by atoms with Gasteiger partial charge in [-0.3, -0.25) is 4.79 Å². The van der Waals surface area contributed by atoms with Crippen LogP contribution in [0.4, 0.5) is 0 Å². The van der Waals surface area contributed by atoms with Crippen molar-refractivity contribution < 1.29 is 9.53 Å². The fraction of sp³-hybridized carbons (Fsp3) is 0.500. The Morgan fingerprint density at radius 2 is 2.12 bits per heavy atom. The Hall–Kier alpha value is -0.860. The largest absolute Gasteiger partial charge is 0.374 e. The lowest BCUT2D eigenvalue weighted by Gasteiger charge is -2.36. The van der Waals surface area contributed by atoms with Crippen LogP contribution < -0.4 is 0 Å². The van der Waals surface area contributed by atoms with E-state index in [1.54, 1.807) is 7.11 Å². The second-order valence-corrected chi connectivity index (χ2v) is 5.20. The van der Waals surface area contributed by atoms with E-state index in [0.717, 1.165) is 24.8 Å². The summed E-state index contributed by atoms with van der Waals surface area (Å²) in [4.78, 5) is 12.4. The maximum atomic E-state index is 12.4. The molecule has 1 aliphatic carbocycles. The maximum absolute atomic E-state index is 12.4. The summed E-state index contributed by atoms with van der Waals surface area (Å²) in [5, 5.41) is 0.667. The van der Waals surface area contributed by atoms with Crippen LogP contribution in [0.5, 0.6) is 0 Å². The molecule has 2 atom stereocenters. The number of benzene rings is 1. The number of hydrogen-bond acceptors (Lipinski definition) is 2. The van der Waals surface area contributed by atoms with Crippen LogP contribution in [0.3, 0.4) is 0 Å². The van der Waals surface area contributed by atoms with Gasteiger partial charge in [0, 0.05) is 12.1 Å². The van der Waals surface area contributed by atoms with Gasteiger partial charge in [-0.1, -0.05) is 29.8 Å². The molecule has 1 saturated carbocycles. The summed E-state index contributed by atoms with van der Waals surface area (Å²) in [5.41, 5.74) is 0.422. The molecule has 1 aromatic carbocycles. The van der Waals surface area contributed by atoms with Gasteiger partial charge in [-0.05, 0) is 37.8 Å². The van der Waals surface area contributed by atoms with Crippen molar-refractivity contribution in [3.8, 4) is 0 Å². The molecule has 1 aliphatic rings. The first-order valence-corrected chi connectivity index (χ1v) is 6.29. The second kappa shape index (κ2) is 4.79. The van der Waals surface area contributed by atoms with E-state index in [1.807, 2.05) is 31.2 Å². The Kier molecular flexibility index (Phi) is 3.55. The molecule has 0 aromatic heterocycles. The van der Waals surface area contributed by atoms with Crippen LogP contribution in [0.2, 0.25) is 5.02 Å². The molecule has 0 saturated heterocycles. The first-order valence-electron chi connectivity index (χ1n) is 5.91. The molecule has 0 N–H and O–H groups in total. The van der Waals surface area contributed by atoms with Gasteiger partial charge in [-0.15, -0.1) is 0 Å². The first-order chi connectivity index (χ1) is 8.09. The highest BCUT2D eigenvalue weighted by Crippen LogP contribution is 2.40. The molecule has 0 aliphatic heterocycles. The quantitative estimate of drug-likeness (QED) is 0.807. The molecule has 0 unspecified atom stereocenters. The van der Waals surface area contributed by atoms with E-state index < -0.39 is 5.41 Å². The van der Waals surface area contributed by atoms with E-state index in [9.17, 15) is 4.79 Å². The van der Waals surface area contributed by atoms with E-state index in [1.165, 1.54) is 0 Å². The normalized spacial score (nSPS) is 29.4. The number of rotatable bonds is 2. The van der Waals surface area contributed by atoms with Crippen LogP contribution in [-0.4, -0.2) is 19.0 Å². The molecule has 17 heavy (non-hydrogen) atoms. The van der Waals surface area contributed by atoms with Crippen LogP contribution >= 0.6 is 11.6 Å². The lowest BCUT2D eigenvalue weighted by molar-refractivity contribution is -0.137. The van der Waals surface area contributed by atoms with Crippen molar-refractivity contribution in [3.63, 3.8) is 0 Å². The molecule has 0 radical (unpaired) electrons. The van der Waals surface area contributed by atoms with Crippen molar-refractivity contribution >= 4 is 17.4 Å². The predicted octanol–water partition coefficient (Wildman–Crippen LogP) is 3.37. The summed E-state index contributed by atoms with van der Waals surface area (Å²) in [6.07, 6.45) is 2.36. The Bertz CT molecular complexity index is 430. The van der Waals surface area contributed by atoms with E-state index in [0.29, 0.717) is 5.02 Å². The molecule has 2 rings (SSSR count). The Balaban J connectivity index is 2.41. The average Bonchev–Trinajstić information content (AvgIpc) is 2.33. The molecule has 0 heterocycles. The molecule has 0 amide bonds. The number of ether oxygens (including phenoxy) is 1. The van der Waals surface area contributed by atoms with Gasteiger partial charge in [0.15, 0.2) is 5.78 Å². The summed E-state index contributed by atoms with van der Waals surface area (Å²) >= 11 is 6.21. The standard InChI is InChI=1S/C14H17ClO2/c1-14(10-6-3-4-7-11(10)15)9-5-8-12(17-2)13(14)16/h3-4,6-7,12H,5,8-9H2,1-2H3/t12-,14+/m0/s1. The summed E-state index contributed by atoms with van der Waals surface area (Å²) in [5.74, 6) is 0.152. The predicted molar refractivity (Wildman–Crippen MR) is 68.5 cm³/mol. The minimum Gasteiger partial charge on any atom is -0.374 e. The van der Waals surface area contributed by atoms with Gasteiger partial charge < -0.3 is 4.74 Å². The van der Waals surface area contributed by atoms with Crippen molar-refractivity contribution in [2.45, 2.75) is 37.7 Å². The van der Waals surface area contributed by atoms with Crippen molar-refractivity contribution in [1.29, 1.82) is 0 Å². The Labute approximate surface area is 107 Å². The van der Waals surface area contributed by atoms with Gasteiger partial charge >= 0.3 is 0 Å². The monoisotopic (exact) mass is 252 g/mol. The number of methoxy groups -OCH3 is 1. The number of ketones is 1. The zero-order valence-corrected chi connectivity index (χ0v) is 11.0. The number of hydrogen-bond donors (Lipinski definition) is 0. The number of halogens is 1. The van der Waals surface area contributed by atoms with Gasteiger partial charge in [0.1, 0.15) is 6.10 Å². The van der Waals surface area contributed by atoms with Crippen LogP contribution in [-0.2, 0) is 14.9 Å². The summed E-state index contributed by atoms with van der Waals surface area (Å²) in [6.45, 7) is 1.97. The molecular formula is C14H17ClO2. The number of Topliss-reactive ketones (excluding diaryl/α,β-unsaturated/α-hetero) is 1. The van der Waals surface area contributed by atoms with Crippen molar-refractivity contribution in [3.05, 3.63) is 34.9 Å². The molecule has 92 valence electrons. The summed E-state index contributed by atoms with van der Waals surface area (Å²) in [6, 6.07) is 7.59. The zero-order chi connectivity index (χ0) is 12.5. The molecular weight excluding hydrogens is 236 g/mol. The Morgan fingerprint density at radius 1 is 1.41 bits per heavy atom. The van der Waals surface area contributed by atoms with E-state index >= 15 is 0 Å². The van der Waals surface area contributed by atoms with E-state index in [-0.39, 0.29) is 11.9 Å². The highest BCUT2D eigenvalue weighted by Gasteiger charge is 2.43. The lowest BCUT2D eigenvalue weighted by atomic mass is 9.69.